The molecule has 11 heavy (non-hydrogen) atoms. The smallest absolute Gasteiger partial charge is 0.448 e. The van der Waals surface area contributed by atoms with Crippen LogP contribution in [0.4, 0.5) is 12.9 Å². The predicted molar refractivity (Wildman–Crippen MR) is 38.2 cm³/mol. The van der Waals surface area contributed by atoms with Gasteiger partial charge in [0.05, 0.1) is 0 Å². The first-order valence-electron chi connectivity index (χ1n) is 3.18. The molecule has 0 saturated carbocycles. The number of hydrogen-bond acceptors (Lipinski definition) is 0. The van der Waals surface area contributed by atoms with Gasteiger partial charge >= 0.3 is 58.4 Å². The SMILES string of the molecule is CC(C)CC(Cl)[B-](F)(F)F.[K+]. The number of hydrogen-bond donors (Lipinski definition) is 0. The summed E-state index contributed by atoms with van der Waals surface area (Å²) in [7, 11) is 0. The second-order valence-electron chi connectivity index (χ2n) is 2.77. The summed E-state index contributed by atoms with van der Waals surface area (Å²) in [5.41, 5.74) is 0. The van der Waals surface area contributed by atoms with Crippen LogP contribution in [-0.4, -0.2) is 12.3 Å². The first kappa shape index (κ1) is 15.3. The molecule has 0 amide bonds. The maximum Gasteiger partial charge on any atom is 1.00 e. The van der Waals surface area contributed by atoms with Gasteiger partial charge in [0.1, 0.15) is 0 Å². The molecule has 62 valence electrons. The second-order valence-corrected chi connectivity index (χ2v) is 3.33. The van der Waals surface area contributed by atoms with E-state index in [1.165, 1.54) is 0 Å². The Morgan fingerprint density at radius 1 is 1.27 bits per heavy atom. The van der Waals surface area contributed by atoms with Crippen LogP contribution in [0.5, 0.6) is 0 Å². The average Bonchev–Trinajstić information content (AvgIpc) is 1.60. The van der Waals surface area contributed by atoms with Crippen molar-refractivity contribution in [3.8, 4) is 0 Å². The summed E-state index contributed by atoms with van der Waals surface area (Å²) in [4.78, 5) is 0. The van der Waals surface area contributed by atoms with Gasteiger partial charge < -0.3 is 12.9 Å². The molecule has 1 unspecified atom stereocenters. The molecule has 6 heteroatoms. The molecule has 0 radical (unpaired) electrons. The van der Waals surface area contributed by atoms with Gasteiger partial charge in [0.25, 0.3) is 0 Å². The van der Waals surface area contributed by atoms with E-state index in [2.05, 4.69) is 0 Å². The van der Waals surface area contributed by atoms with E-state index in [-0.39, 0.29) is 63.7 Å². The van der Waals surface area contributed by atoms with Crippen molar-refractivity contribution in [2.75, 3.05) is 0 Å². The Morgan fingerprint density at radius 3 is 1.73 bits per heavy atom. The maximum atomic E-state index is 11.7. The summed E-state index contributed by atoms with van der Waals surface area (Å²) in [5.74, 6) is 0.00556. The van der Waals surface area contributed by atoms with E-state index < -0.39 is 12.3 Å². The molecule has 0 saturated heterocycles. The van der Waals surface area contributed by atoms with Crippen LogP contribution < -0.4 is 51.4 Å². The standard InChI is InChI=1S/C5H10BClF3.K/c1-4(2)3-5(7)6(8,9)10;/h4-5H,3H2,1-2H3;/q-1;+1. The minimum absolute atomic E-state index is 0. The van der Waals surface area contributed by atoms with Gasteiger partial charge in [-0.2, -0.15) is 11.6 Å². The average molecular weight is 212 g/mol. The number of rotatable bonds is 3. The summed E-state index contributed by atoms with van der Waals surface area (Å²) in [6.45, 7) is -1.40. The van der Waals surface area contributed by atoms with E-state index in [4.69, 9.17) is 11.6 Å². The summed E-state index contributed by atoms with van der Waals surface area (Å²) in [6, 6.07) is 0. The largest absolute Gasteiger partial charge is 1.00 e. The van der Waals surface area contributed by atoms with Gasteiger partial charge in [0.15, 0.2) is 0 Å². The molecule has 0 fully saturated rings. The first-order valence-corrected chi connectivity index (χ1v) is 3.61. The fraction of sp³-hybridized carbons (Fsp3) is 1.00. The Labute approximate surface area is 113 Å². The van der Waals surface area contributed by atoms with Crippen molar-refractivity contribution in [1.29, 1.82) is 0 Å². The van der Waals surface area contributed by atoms with E-state index in [9.17, 15) is 12.9 Å². The van der Waals surface area contributed by atoms with Crippen LogP contribution in [-0.2, 0) is 0 Å². The molecule has 0 aliphatic carbocycles. The zero-order valence-corrected chi connectivity index (χ0v) is 10.8. The van der Waals surface area contributed by atoms with E-state index in [0.717, 1.165) is 0 Å². The van der Waals surface area contributed by atoms with Crippen molar-refractivity contribution >= 4 is 18.6 Å². The van der Waals surface area contributed by atoms with E-state index in [1.54, 1.807) is 13.8 Å². The zero-order valence-electron chi connectivity index (χ0n) is 6.95. The van der Waals surface area contributed by atoms with Crippen LogP contribution in [0.15, 0.2) is 0 Å². The topological polar surface area (TPSA) is 0 Å². The summed E-state index contributed by atoms with van der Waals surface area (Å²) in [5, 5.41) is -1.63. The predicted octanol–water partition coefficient (Wildman–Crippen LogP) is 0.0305. The molecule has 0 aromatic carbocycles. The van der Waals surface area contributed by atoms with Crippen LogP contribution in [0.25, 0.3) is 0 Å². The van der Waals surface area contributed by atoms with Crippen molar-refractivity contribution < 1.29 is 64.3 Å². The van der Waals surface area contributed by atoms with E-state index in [0.29, 0.717) is 0 Å². The van der Waals surface area contributed by atoms with Gasteiger partial charge in [0, 0.05) is 5.28 Å². The van der Waals surface area contributed by atoms with Gasteiger partial charge in [-0.25, -0.2) is 0 Å². The van der Waals surface area contributed by atoms with Gasteiger partial charge in [-0.15, -0.1) is 0 Å². The van der Waals surface area contributed by atoms with E-state index >= 15 is 0 Å². The molecule has 0 heterocycles. The van der Waals surface area contributed by atoms with Crippen molar-refractivity contribution in [1.82, 2.24) is 0 Å². The second kappa shape index (κ2) is 6.27. The molecule has 0 aromatic rings. The molecule has 0 aliphatic heterocycles. The third-order valence-electron chi connectivity index (χ3n) is 1.11. The van der Waals surface area contributed by atoms with Crippen molar-refractivity contribution in [3.05, 3.63) is 0 Å². The van der Waals surface area contributed by atoms with Crippen LogP contribution in [0.2, 0.25) is 0 Å². The van der Waals surface area contributed by atoms with E-state index in [1.807, 2.05) is 0 Å². The van der Waals surface area contributed by atoms with Crippen LogP contribution in [0.3, 0.4) is 0 Å². The quantitative estimate of drug-likeness (QED) is 0.457. The fourth-order valence-corrected chi connectivity index (χ4v) is 0.961. The molecular formula is C5H10BClF3K. The Morgan fingerprint density at radius 2 is 1.64 bits per heavy atom. The normalized spacial score (nSPS) is 14.5. The Hall–Kier alpha value is 1.78. The first-order chi connectivity index (χ1) is 4.34. The molecule has 0 N–H and O–H groups in total. The Balaban J connectivity index is 0. The third-order valence-corrected chi connectivity index (χ3v) is 1.57. The van der Waals surface area contributed by atoms with Gasteiger partial charge in [0.2, 0.25) is 0 Å². The molecule has 0 rings (SSSR count). The summed E-state index contributed by atoms with van der Waals surface area (Å²) < 4.78 is 35.2. The fourth-order valence-electron chi connectivity index (χ4n) is 0.605. The maximum absolute atomic E-state index is 11.7. The molecule has 0 aliphatic rings. The van der Waals surface area contributed by atoms with Gasteiger partial charge in [-0.3, -0.25) is 0 Å². The summed E-state index contributed by atoms with van der Waals surface area (Å²) >= 11 is 5.05. The zero-order chi connectivity index (χ0) is 8.36. The molecule has 0 bridgehead atoms. The molecular weight excluding hydrogens is 202 g/mol. The van der Waals surface area contributed by atoms with Gasteiger partial charge in [-0.05, 0) is 5.92 Å². The number of alkyl halides is 1. The van der Waals surface area contributed by atoms with Crippen molar-refractivity contribution in [2.45, 2.75) is 25.5 Å². The van der Waals surface area contributed by atoms with Crippen molar-refractivity contribution in [3.63, 3.8) is 0 Å². The number of halogens is 4. The summed E-state index contributed by atoms with van der Waals surface area (Å²) in [6.07, 6.45) is 0.0189. The van der Waals surface area contributed by atoms with Gasteiger partial charge in [-0.1, -0.05) is 20.3 Å². The minimum atomic E-state index is -4.84. The molecule has 0 spiro atoms. The van der Waals surface area contributed by atoms with Crippen LogP contribution >= 0.6 is 11.6 Å². The minimum Gasteiger partial charge on any atom is -0.448 e. The molecule has 1 atom stereocenters. The van der Waals surface area contributed by atoms with Crippen LogP contribution in [0.1, 0.15) is 20.3 Å². The molecule has 0 nitrogen and oxygen atoms in total. The van der Waals surface area contributed by atoms with Crippen molar-refractivity contribution in [2.24, 2.45) is 5.92 Å². The Bertz CT molecular complexity index is 106. The monoisotopic (exact) mass is 212 g/mol. The van der Waals surface area contributed by atoms with Crippen LogP contribution in [0, 0.1) is 5.92 Å². The third kappa shape index (κ3) is 8.12. The Kier molecular flexibility index (Phi) is 8.70. The molecule has 0 aromatic heterocycles.